The van der Waals surface area contributed by atoms with Crippen LogP contribution in [0.1, 0.15) is 60.5 Å². The van der Waals surface area contributed by atoms with Gasteiger partial charge < -0.3 is 19.1 Å². The first kappa shape index (κ1) is 19.2. The zero-order valence-electron chi connectivity index (χ0n) is 16.8. The Morgan fingerprint density at radius 3 is 2.61 bits per heavy atom. The molecule has 0 aromatic carbocycles. The number of nitrogens with zero attached hydrogens (tertiary/aromatic N) is 3. The smallest absolute Gasteiger partial charge is 0.263 e. The van der Waals surface area contributed by atoms with E-state index in [1.165, 1.54) is 0 Å². The van der Waals surface area contributed by atoms with Crippen LogP contribution in [-0.2, 0) is 9.53 Å². The Hall–Kier alpha value is -2.15. The summed E-state index contributed by atoms with van der Waals surface area (Å²) >= 11 is 0. The Morgan fingerprint density at radius 2 is 1.93 bits per heavy atom. The van der Waals surface area contributed by atoms with E-state index in [0.717, 1.165) is 25.7 Å². The topological polar surface area (TPSA) is 71.8 Å². The first-order chi connectivity index (χ1) is 13.5. The molecule has 2 aliphatic heterocycles. The first-order valence-corrected chi connectivity index (χ1v) is 10.3. The number of rotatable bonds is 5. The number of likely N-dealkylation sites (tertiary alicyclic amines) is 2. The first-order valence-electron chi connectivity index (χ1n) is 10.3. The zero-order chi connectivity index (χ0) is 19.9. The number of piperidine rings is 1. The van der Waals surface area contributed by atoms with E-state index in [9.17, 15) is 14.4 Å². The number of aryl methyl sites for hydroxylation is 1. The van der Waals surface area contributed by atoms with Gasteiger partial charge in [0.15, 0.2) is 0 Å². The number of aromatic nitrogens is 1. The Labute approximate surface area is 165 Å². The van der Waals surface area contributed by atoms with Gasteiger partial charge in [-0.2, -0.15) is 0 Å². The molecule has 1 saturated carbocycles. The molecule has 0 radical (unpaired) electrons. The maximum atomic E-state index is 13.5. The Balaban J connectivity index is 1.67. The maximum Gasteiger partial charge on any atom is 0.263 e. The van der Waals surface area contributed by atoms with Crippen molar-refractivity contribution < 1.29 is 14.3 Å². The highest BCUT2D eigenvalue weighted by Gasteiger charge is 2.53. The van der Waals surface area contributed by atoms with Gasteiger partial charge >= 0.3 is 0 Å². The molecule has 0 bridgehead atoms. The van der Waals surface area contributed by atoms with Gasteiger partial charge in [0.05, 0.1) is 6.61 Å². The Kier molecular flexibility index (Phi) is 5.04. The van der Waals surface area contributed by atoms with E-state index in [2.05, 4.69) is 0 Å². The largest absolute Gasteiger partial charge is 0.383 e. The number of methoxy groups -OCH3 is 1. The van der Waals surface area contributed by atoms with Gasteiger partial charge in [-0.25, -0.2) is 0 Å². The molecule has 1 atom stereocenters. The molecule has 3 aliphatic rings. The van der Waals surface area contributed by atoms with E-state index >= 15 is 0 Å². The van der Waals surface area contributed by atoms with Crippen molar-refractivity contribution in [3.05, 3.63) is 33.7 Å². The molecule has 1 aromatic heterocycles. The van der Waals surface area contributed by atoms with Crippen LogP contribution in [0.2, 0.25) is 0 Å². The fraction of sp³-hybridized carbons (Fsp3) is 0.667. The zero-order valence-corrected chi connectivity index (χ0v) is 16.8. The highest BCUT2D eigenvalue weighted by atomic mass is 16.5. The lowest BCUT2D eigenvalue weighted by Gasteiger charge is -2.44. The van der Waals surface area contributed by atoms with Crippen molar-refractivity contribution in [1.29, 1.82) is 0 Å². The van der Waals surface area contributed by atoms with E-state index in [-0.39, 0.29) is 29.0 Å². The molecule has 3 fully saturated rings. The number of carbonyl (C=O) groups excluding carboxylic acids is 2. The minimum Gasteiger partial charge on any atom is -0.383 e. The summed E-state index contributed by atoms with van der Waals surface area (Å²) < 4.78 is 6.83. The van der Waals surface area contributed by atoms with E-state index in [0.29, 0.717) is 44.6 Å². The fourth-order valence-electron chi connectivity index (χ4n) is 4.81. The van der Waals surface area contributed by atoms with Gasteiger partial charge in [-0.1, -0.05) is 0 Å². The van der Waals surface area contributed by atoms with Crippen LogP contribution in [0, 0.1) is 6.92 Å². The lowest BCUT2D eigenvalue weighted by molar-refractivity contribution is -0.146. The number of hydrogen-bond acceptors (Lipinski definition) is 4. The normalized spacial score (nSPS) is 25.0. The van der Waals surface area contributed by atoms with Gasteiger partial charge in [0.2, 0.25) is 5.91 Å². The molecule has 7 nitrogen and oxygen atoms in total. The van der Waals surface area contributed by atoms with Crippen molar-refractivity contribution in [2.75, 3.05) is 33.4 Å². The number of carbonyl (C=O) groups is 2. The van der Waals surface area contributed by atoms with Crippen LogP contribution in [0.15, 0.2) is 17.1 Å². The molecule has 4 rings (SSSR count). The van der Waals surface area contributed by atoms with Crippen molar-refractivity contribution in [2.24, 2.45) is 0 Å². The summed E-state index contributed by atoms with van der Waals surface area (Å²) in [6.07, 6.45) is 6.75. The quantitative estimate of drug-likeness (QED) is 0.772. The third kappa shape index (κ3) is 3.05. The molecule has 3 heterocycles. The van der Waals surface area contributed by atoms with Crippen LogP contribution in [0.3, 0.4) is 0 Å². The molecule has 1 spiro atoms. The lowest BCUT2D eigenvalue weighted by atomic mass is 9.85. The molecule has 28 heavy (non-hydrogen) atoms. The molecule has 152 valence electrons. The van der Waals surface area contributed by atoms with Crippen molar-refractivity contribution in [3.63, 3.8) is 0 Å². The maximum absolute atomic E-state index is 13.5. The molecule has 7 heteroatoms. The third-order valence-corrected chi connectivity index (χ3v) is 6.48. The van der Waals surface area contributed by atoms with Crippen LogP contribution >= 0.6 is 0 Å². The van der Waals surface area contributed by atoms with Crippen LogP contribution in [0.25, 0.3) is 0 Å². The van der Waals surface area contributed by atoms with Gasteiger partial charge in [0.1, 0.15) is 11.1 Å². The van der Waals surface area contributed by atoms with E-state index < -0.39 is 5.54 Å². The summed E-state index contributed by atoms with van der Waals surface area (Å²) in [6.45, 7) is 4.06. The van der Waals surface area contributed by atoms with Gasteiger partial charge in [-0.15, -0.1) is 0 Å². The molecule has 0 N–H and O–H groups in total. The summed E-state index contributed by atoms with van der Waals surface area (Å²) in [5.41, 5.74) is -0.0950. The predicted molar refractivity (Wildman–Crippen MR) is 104 cm³/mol. The van der Waals surface area contributed by atoms with Crippen LogP contribution in [0.5, 0.6) is 0 Å². The van der Waals surface area contributed by atoms with Crippen LogP contribution in [0.4, 0.5) is 0 Å². The van der Waals surface area contributed by atoms with Gasteiger partial charge in [0.25, 0.3) is 11.5 Å². The van der Waals surface area contributed by atoms with Gasteiger partial charge in [0, 0.05) is 39.0 Å². The Bertz CT molecular complexity index is 845. The molecule has 1 aromatic rings. The SMILES string of the molecule is COCCN1CCCC2(CCCN2C(=O)c2c(C)ccn(C3CC3)c2=O)C1=O. The molecular formula is C21H29N3O4. The number of ether oxygens (including phenoxy) is 1. The highest BCUT2D eigenvalue weighted by Crippen LogP contribution is 2.39. The number of amides is 2. The fourth-order valence-corrected chi connectivity index (χ4v) is 4.81. The number of hydrogen-bond donors (Lipinski definition) is 0. The van der Waals surface area contributed by atoms with Crippen molar-refractivity contribution in [3.8, 4) is 0 Å². The average molecular weight is 387 g/mol. The van der Waals surface area contributed by atoms with Gasteiger partial charge in [-0.05, 0) is 57.1 Å². The summed E-state index contributed by atoms with van der Waals surface area (Å²) in [7, 11) is 1.62. The monoisotopic (exact) mass is 387 g/mol. The van der Waals surface area contributed by atoms with Crippen molar-refractivity contribution in [2.45, 2.75) is 57.0 Å². The molecule has 2 amide bonds. The number of pyridine rings is 1. The summed E-state index contributed by atoms with van der Waals surface area (Å²) in [5.74, 6) is -0.269. The second kappa shape index (κ2) is 7.35. The predicted octanol–water partition coefficient (Wildman–Crippen LogP) is 1.74. The minimum atomic E-state index is -0.803. The third-order valence-electron chi connectivity index (χ3n) is 6.48. The standard InChI is InChI=1S/C21H29N3O4/c1-15-7-12-23(16-5-6-16)18(25)17(15)19(26)24-11-4-9-21(24)8-3-10-22(20(21)27)13-14-28-2/h7,12,16H,3-6,8-11,13-14H2,1-2H3. The summed E-state index contributed by atoms with van der Waals surface area (Å²) in [5, 5.41) is 0. The second-order valence-electron chi connectivity index (χ2n) is 8.30. The van der Waals surface area contributed by atoms with Crippen LogP contribution in [-0.4, -0.2) is 65.1 Å². The molecule has 1 aliphatic carbocycles. The molecular weight excluding hydrogens is 358 g/mol. The second-order valence-corrected chi connectivity index (χ2v) is 8.30. The van der Waals surface area contributed by atoms with E-state index in [1.54, 1.807) is 22.8 Å². The summed E-state index contributed by atoms with van der Waals surface area (Å²) in [6, 6.07) is 2.07. The molecule has 1 unspecified atom stereocenters. The average Bonchev–Trinajstić information content (AvgIpc) is 3.43. The Morgan fingerprint density at radius 1 is 1.21 bits per heavy atom. The molecule has 2 saturated heterocycles. The summed E-state index contributed by atoms with van der Waals surface area (Å²) in [4.78, 5) is 43.4. The van der Waals surface area contributed by atoms with E-state index in [1.807, 2.05) is 17.9 Å². The van der Waals surface area contributed by atoms with Crippen LogP contribution < -0.4 is 5.56 Å². The van der Waals surface area contributed by atoms with Crippen molar-refractivity contribution >= 4 is 11.8 Å². The van der Waals surface area contributed by atoms with Gasteiger partial charge in [-0.3, -0.25) is 14.4 Å². The minimum absolute atomic E-state index is 0.0118. The lowest BCUT2D eigenvalue weighted by Crippen LogP contribution is -2.62. The van der Waals surface area contributed by atoms with E-state index in [4.69, 9.17) is 4.74 Å². The highest BCUT2D eigenvalue weighted by molar-refractivity contribution is 6.00. The van der Waals surface area contributed by atoms with Crippen molar-refractivity contribution in [1.82, 2.24) is 14.4 Å².